The second-order valence-electron chi connectivity index (χ2n) is 6.46. The van der Waals surface area contributed by atoms with Crippen LogP contribution in [0.1, 0.15) is 28.7 Å². The highest BCUT2D eigenvalue weighted by atomic mass is 16.6. The average molecular weight is 372 g/mol. The molecule has 2 aromatic carbocycles. The van der Waals surface area contributed by atoms with Gasteiger partial charge >= 0.3 is 0 Å². The summed E-state index contributed by atoms with van der Waals surface area (Å²) < 4.78 is 11.1. The van der Waals surface area contributed by atoms with Crippen LogP contribution in [0.25, 0.3) is 0 Å². The molecule has 1 aliphatic carbocycles. The molecule has 8 heteroatoms. The summed E-state index contributed by atoms with van der Waals surface area (Å²) in [6, 6.07) is 6.14. The Bertz CT molecular complexity index is 836. The van der Waals surface area contributed by atoms with Crippen LogP contribution in [0.15, 0.2) is 24.3 Å². The minimum atomic E-state index is -0.405. The smallest absolute Gasteiger partial charge is 0.270 e. The molecule has 3 rings (SSSR count). The number of fused-ring (bicyclic) bond motifs is 4. The maximum absolute atomic E-state index is 11.3. The lowest BCUT2D eigenvalue weighted by Gasteiger charge is -2.14. The van der Waals surface area contributed by atoms with E-state index in [9.17, 15) is 20.2 Å². The van der Waals surface area contributed by atoms with Crippen LogP contribution >= 0.6 is 0 Å². The third-order valence-electron chi connectivity index (χ3n) is 4.84. The number of hydrogen-bond acceptors (Lipinski definition) is 6. The van der Waals surface area contributed by atoms with E-state index in [4.69, 9.17) is 9.47 Å². The molecule has 0 saturated heterocycles. The number of non-ortho nitro benzene ring substituents is 2. The van der Waals surface area contributed by atoms with Crippen LogP contribution in [0.4, 0.5) is 11.4 Å². The van der Waals surface area contributed by atoms with Crippen LogP contribution in [0.5, 0.6) is 11.5 Å². The Kier molecular flexibility index (Phi) is 5.25. The van der Waals surface area contributed by atoms with Gasteiger partial charge in [-0.15, -0.1) is 0 Å². The largest absolute Gasteiger partial charge is 0.496 e. The van der Waals surface area contributed by atoms with Gasteiger partial charge in [-0.25, -0.2) is 0 Å². The molecule has 0 N–H and O–H groups in total. The lowest BCUT2D eigenvalue weighted by atomic mass is 9.98. The highest BCUT2D eigenvalue weighted by Crippen LogP contribution is 2.36. The topological polar surface area (TPSA) is 105 Å². The summed E-state index contributed by atoms with van der Waals surface area (Å²) in [5, 5.41) is 22.6. The van der Waals surface area contributed by atoms with E-state index >= 15 is 0 Å². The number of hydrogen-bond donors (Lipinski definition) is 0. The normalized spacial score (nSPS) is 13.4. The summed E-state index contributed by atoms with van der Waals surface area (Å²) in [7, 11) is 3.11. The first-order chi connectivity index (χ1) is 12.9. The molecule has 0 atom stereocenters. The zero-order valence-electron chi connectivity index (χ0n) is 15.2. The molecule has 1 aliphatic rings. The van der Waals surface area contributed by atoms with Crippen LogP contribution < -0.4 is 9.47 Å². The SMILES string of the molecule is COc1c2cc([N+](=O)[O-])cc1CCc1cc([N+](=O)[O-])cc(c1OC)CCC2. The first-order valence-corrected chi connectivity index (χ1v) is 8.63. The van der Waals surface area contributed by atoms with Gasteiger partial charge in [0.1, 0.15) is 11.5 Å². The van der Waals surface area contributed by atoms with Gasteiger partial charge in [-0.05, 0) is 32.1 Å². The monoisotopic (exact) mass is 372 g/mol. The number of aryl methyl sites for hydroxylation is 4. The molecule has 0 unspecified atom stereocenters. The summed E-state index contributed by atoms with van der Waals surface area (Å²) >= 11 is 0. The lowest BCUT2D eigenvalue weighted by Crippen LogP contribution is -2.03. The minimum Gasteiger partial charge on any atom is -0.496 e. The second-order valence-corrected chi connectivity index (χ2v) is 6.46. The lowest BCUT2D eigenvalue weighted by molar-refractivity contribution is -0.385. The van der Waals surface area contributed by atoms with Gasteiger partial charge in [-0.3, -0.25) is 20.2 Å². The van der Waals surface area contributed by atoms with Gasteiger partial charge in [-0.2, -0.15) is 0 Å². The van der Waals surface area contributed by atoms with Crippen molar-refractivity contribution in [2.24, 2.45) is 0 Å². The zero-order valence-corrected chi connectivity index (χ0v) is 15.2. The molecule has 0 aromatic heterocycles. The van der Waals surface area contributed by atoms with E-state index < -0.39 is 9.85 Å². The number of nitro benzene ring substituents is 2. The number of rotatable bonds is 4. The van der Waals surface area contributed by atoms with Crippen LogP contribution in [-0.2, 0) is 25.7 Å². The predicted molar refractivity (Wildman–Crippen MR) is 98.7 cm³/mol. The first-order valence-electron chi connectivity index (χ1n) is 8.63. The van der Waals surface area contributed by atoms with Crippen LogP contribution in [0, 0.1) is 20.2 Å². The maximum Gasteiger partial charge on any atom is 0.270 e. The fraction of sp³-hybridized carbons (Fsp3) is 0.368. The van der Waals surface area contributed by atoms with E-state index in [1.807, 2.05) is 0 Å². The molecule has 0 saturated carbocycles. The third kappa shape index (κ3) is 3.69. The van der Waals surface area contributed by atoms with E-state index in [-0.39, 0.29) is 11.4 Å². The Morgan fingerprint density at radius 3 is 1.33 bits per heavy atom. The number of benzene rings is 2. The number of methoxy groups -OCH3 is 2. The highest BCUT2D eigenvalue weighted by molar-refractivity contribution is 5.54. The number of ether oxygens (including phenoxy) is 2. The average Bonchev–Trinajstić information content (AvgIpc) is 2.65. The molecule has 142 valence electrons. The van der Waals surface area contributed by atoms with Crippen LogP contribution in [-0.4, -0.2) is 24.1 Å². The third-order valence-corrected chi connectivity index (χ3v) is 4.84. The molecule has 0 aliphatic heterocycles. The second kappa shape index (κ2) is 7.61. The van der Waals surface area contributed by atoms with Crippen molar-refractivity contribution in [3.8, 4) is 11.5 Å². The fourth-order valence-electron chi connectivity index (χ4n) is 3.69. The minimum absolute atomic E-state index is 0.0321. The van der Waals surface area contributed by atoms with Gasteiger partial charge in [0.25, 0.3) is 11.4 Å². The molecule has 4 bridgehead atoms. The Labute approximate surface area is 156 Å². The summed E-state index contributed by atoms with van der Waals surface area (Å²) in [4.78, 5) is 21.8. The summed E-state index contributed by atoms with van der Waals surface area (Å²) in [5.74, 6) is 1.31. The van der Waals surface area contributed by atoms with Crippen LogP contribution in [0.2, 0.25) is 0 Å². The molecule has 0 amide bonds. The molecule has 0 heterocycles. The van der Waals surface area contributed by atoms with E-state index in [0.29, 0.717) is 43.6 Å². The van der Waals surface area contributed by atoms with Crippen molar-refractivity contribution in [3.63, 3.8) is 0 Å². The zero-order chi connectivity index (χ0) is 19.6. The van der Waals surface area contributed by atoms with Crippen molar-refractivity contribution in [1.82, 2.24) is 0 Å². The molecule has 0 spiro atoms. The Morgan fingerprint density at radius 1 is 0.704 bits per heavy atom. The molecule has 27 heavy (non-hydrogen) atoms. The molecular weight excluding hydrogens is 352 g/mol. The van der Waals surface area contributed by atoms with Crippen molar-refractivity contribution in [1.29, 1.82) is 0 Å². The van der Waals surface area contributed by atoms with E-state index in [1.165, 1.54) is 12.1 Å². The first kappa shape index (κ1) is 18.6. The highest BCUT2D eigenvalue weighted by Gasteiger charge is 2.22. The van der Waals surface area contributed by atoms with Gasteiger partial charge in [-0.1, -0.05) is 0 Å². The van der Waals surface area contributed by atoms with Gasteiger partial charge in [0.05, 0.1) is 24.1 Å². The molecule has 8 nitrogen and oxygen atoms in total. The van der Waals surface area contributed by atoms with Crippen LogP contribution in [0.3, 0.4) is 0 Å². The summed E-state index contributed by atoms with van der Waals surface area (Å²) in [5.41, 5.74) is 3.07. The Balaban J connectivity index is 2.13. The summed E-state index contributed by atoms with van der Waals surface area (Å²) in [6.45, 7) is 0. The van der Waals surface area contributed by atoms with Crippen molar-refractivity contribution >= 4 is 11.4 Å². The van der Waals surface area contributed by atoms with Gasteiger partial charge < -0.3 is 9.47 Å². The van der Waals surface area contributed by atoms with E-state index in [2.05, 4.69) is 0 Å². The number of nitro groups is 2. The predicted octanol–water partition coefficient (Wildman–Crippen LogP) is 3.79. The molecule has 2 aromatic rings. The maximum atomic E-state index is 11.3. The summed E-state index contributed by atoms with van der Waals surface area (Å²) in [6.07, 6.45) is 2.70. The molecule has 0 radical (unpaired) electrons. The van der Waals surface area contributed by atoms with Gasteiger partial charge in [0.15, 0.2) is 0 Å². The van der Waals surface area contributed by atoms with Crippen molar-refractivity contribution < 1.29 is 19.3 Å². The fourth-order valence-corrected chi connectivity index (χ4v) is 3.69. The van der Waals surface area contributed by atoms with E-state index in [0.717, 1.165) is 22.3 Å². The van der Waals surface area contributed by atoms with Crippen molar-refractivity contribution in [2.75, 3.05) is 14.2 Å². The molecule has 0 fully saturated rings. The van der Waals surface area contributed by atoms with Gasteiger partial charge in [0.2, 0.25) is 0 Å². The van der Waals surface area contributed by atoms with Crippen molar-refractivity contribution in [3.05, 3.63) is 66.7 Å². The molecular formula is C19H20N2O6. The standard InChI is InChI=1S/C19H20N2O6/c1-26-18-12-4-3-5-13-9-17(21(24)25)11-15(19(13)27-2)7-6-14(18)10-16(8-12)20(22)23/h8-11H,3-7H2,1-2H3. The van der Waals surface area contributed by atoms with Crippen molar-refractivity contribution in [2.45, 2.75) is 32.1 Å². The van der Waals surface area contributed by atoms with Gasteiger partial charge in [0, 0.05) is 46.5 Å². The Morgan fingerprint density at radius 2 is 1.04 bits per heavy atom. The Hall–Kier alpha value is -3.16. The van der Waals surface area contributed by atoms with E-state index in [1.54, 1.807) is 26.4 Å². The number of nitrogens with zero attached hydrogens (tertiary/aromatic N) is 2. The quantitative estimate of drug-likeness (QED) is 0.597.